The van der Waals surface area contributed by atoms with Crippen molar-refractivity contribution in [1.82, 2.24) is 9.78 Å². The van der Waals surface area contributed by atoms with Crippen molar-refractivity contribution in [3.8, 4) is 5.69 Å². The van der Waals surface area contributed by atoms with E-state index in [2.05, 4.69) is 21.0 Å². The molecule has 0 atom stereocenters. The molecule has 0 fully saturated rings. The molecule has 0 saturated carbocycles. The average Bonchev–Trinajstić information content (AvgIpc) is 2.46. The Labute approximate surface area is 183 Å². The number of Topliss-reactive ketones (excluding diaryl/α,β-unsaturated/α-hetero) is 1. The molecule has 1 aromatic carbocycles. The normalized spacial score (nSPS) is 10.0. The Balaban J connectivity index is 0.00000264. The van der Waals surface area contributed by atoms with Crippen molar-refractivity contribution in [3.05, 3.63) is 55.9 Å². The molecule has 0 aliphatic heterocycles. The molecule has 0 bridgehead atoms. The number of aromatic carboxylic acids is 1. The quantitative estimate of drug-likeness (QED) is 0.441. The van der Waals surface area contributed by atoms with Gasteiger partial charge in [-0.15, -0.1) is 0 Å². The second kappa shape index (κ2) is 8.45. The van der Waals surface area contributed by atoms with Crippen LogP contribution in [0.4, 0.5) is 0 Å². The first kappa shape index (κ1) is 20.4. The molecule has 0 spiro atoms. The molecule has 6 nitrogen and oxygen atoms in total. The maximum absolute atomic E-state index is 12.1. The van der Waals surface area contributed by atoms with E-state index in [-0.39, 0.29) is 56.9 Å². The number of rotatable bonds is 4. The van der Waals surface area contributed by atoms with Gasteiger partial charge >= 0.3 is 51.4 Å². The third-order valence-electron chi connectivity index (χ3n) is 3.14. The molecule has 0 amide bonds. The zero-order chi connectivity index (χ0) is 16.4. The molecule has 0 aliphatic rings. The van der Waals surface area contributed by atoms with E-state index < -0.39 is 22.9 Å². The Morgan fingerprint density at radius 1 is 1.26 bits per heavy atom. The maximum atomic E-state index is 12.1. The predicted octanol–water partition coefficient (Wildman–Crippen LogP) is -1.87. The van der Waals surface area contributed by atoms with Gasteiger partial charge in [0.1, 0.15) is 0 Å². The smallest absolute Gasteiger partial charge is 0.543 e. The molecule has 0 saturated heterocycles. The summed E-state index contributed by atoms with van der Waals surface area (Å²) >= 11 is 3.30. The number of carboxylic acid groups (broad SMARTS) is 1. The number of hydrogen-bond donors (Lipinski definition) is 0. The monoisotopic (exact) mass is 402 g/mol. The Kier molecular flexibility index (Phi) is 7.50. The fourth-order valence-electron chi connectivity index (χ4n) is 2.18. The van der Waals surface area contributed by atoms with Gasteiger partial charge in [0.25, 0.3) is 0 Å². The van der Waals surface area contributed by atoms with Crippen LogP contribution in [0.2, 0.25) is 0 Å². The summed E-state index contributed by atoms with van der Waals surface area (Å²) in [5, 5.41) is 15.0. The van der Waals surface area contributed by atoms with Gasteiger partial charge in [-0.2, -0.15) is 5.10 Å². The summed E-state index contributed by atoms with van der Waals surface area (Å²) in [5.74, 6) is -2.21. The van der Waals surface area contributed by atoms with Crippen LogP contribution in [0, 0.1) is 0 Å². The number of nitrogens with zero attached hydrogens (tertiary/aromatic N) is 2. The molecular weight excluding hydrogens is 391 g/mol. The number of carbonyl (C=O) groups excluding carboxylic acids is 2. The minimum absolute atomic E-state index is 0. The standard InChI is InChI=1S/C15H13BrN2O4.K/c1-3-11-12(8(2)19)14(20)13(15(21)22)17-18(11)10-6-4-9(16)5-7-10;/h4-7H,3H2,1-2H3,(H,21,22);/q;+1/p-1. The van der Waals surface area contributed by atoms with Gasteiger partial charge in [0.15, 0.2) is 11.5 Å². The van der Waals surface area contributed by atoms with Crippen LogP contribution in [0.3, 0.4) is 0 Å². The van der Waals surface area contributed by atoms with E-state index >= 15 is 0 Å². The number of hydrogen-bond acceptors (Lipinski definition) is 5. The first-order chi connectivity index (χ1) is 10.4. The van der Waals surface area contributed by atoms with Crippen molar-refractivity contribution in [2.24, 2.45) is 0 Å². The van der Waals surface area contributed by atoms with Crippen molar-refractivity contribution in [3.63, 3.8) is 0 Å². The second-order valence-electron chi connectivity index (χ2n) is 4.58. The first-order valence-corrected chi connectivity index (χ1v) is 7.30. The molecule has 0 radical (unpaired) electrons. The Bertz CT molecular complexity index is 815. The molecule has 8 heteroatoms. The number of carboxylic acids is 1. The van der Waals surface area contributed by atoms with Crippen LogP contribution in [0.25, 0.3) is 5.69 Å². The van der Waals surface area contributed by atoms with E-state index in [9.17, 15) is 19.5 Å². The van der Waals surface area contributed by atoms with E-state index in [4.69, 9.17) is 0 Å². The van der Waals surface area contributed by atoms with Gasteiger partial charge in [-0.05, 0) is 37.6 Å². The molecule has 0 N–H and O–H groups in total. The second-order valence-corrected chi connectivity index (χ2v) is 5.50. The van der Waals surface area contributed by atoms with Gasteiger partial charge < -0.3 is 9.90 Å². The van der Waals surface area contributed by atoms with Gasteiger partial charge in [-0.3, -0.25) is 9.59 Å². The minimum atomic E-state index is -1.71. The van der Waals surface area contributed by atoms with E-state index in [0.29, 0.717) is 17.8 Å². The molecule has 1 aromatic heterocycles. The van der Waals surface area contributed by atoms with E-state index in [1.54, 1.807) is 31.2 Å². The van der Waals surface area contributed by atoms with E-state index in [1.807, 2.05) is 0 Å². The van der Waals surface area contributed by atoms with Crippen LogP contribution in [-0.4, -0.2) is 21.5 Å². The summed E-state index contributed by atoms with van der Waals surface area (Å²) in [4.78, 5) is 35.1. The Morgan fingerprint density at radius 2 is 1.83 bits per heavy atom. The topological polar surface area (TPSA) is 92.1 Å². The van der Waals surface area contributed by atoms with Gasteiger partial charge in [-0.1, -0.05) is 22.9 Å². The van der Waals surface area contributed by atoms with Gasteiger partial charge in [0, 0.05) is 4.47 Å². The van der Waals surface area contributed by atoms with Crippen molar-refractivity contribution in [2.75, 3.05) is 0 Å². The molecule has 2 aromatic rings. The third kappa shape index (κ3) is 4.26. The number of ketones is 1. The summed E-state index contributed by atoms with van der Waals surface area (Å²) in [6.07, 6.45) is 0.348. The van der Waals surface area contributed by atoms with Crippen molar-refractivity contribution >= 4 is 27.7 Å². The van der Waals surface area contributed by atoms with Crippen LogP contribution in [0.5, 0.6) is 0 Å². The van der Waals surface area contributed by atoms with E-state index in [0.717, 1.165) is 4.47 Å². The molecule has 2 rings (SSSR count). The first-order valence-electron chi connectivity index (χ1n) is 6.51. The number of benzene rings is 1. The molecule has 0 unspecified atom stereocenters. The zero-order valence-electron chi connectivity index (χ0n) is 12.9. The van der Waals surface area contributed by atoms with Crippen molar-refractivity contribution < 1.29 is 66.1 Å². The summed E-state index contributed by atoms with van der Waals surface area (Å²) < 4.78 is 2.14. The molecule has 114 valence electrons. The molecule has 0 aliphatic carbocycles. The van der Waals surface area contributed by atoms with Gasteiger partial charge in [0.2, 0.25) is 5.43 Å². The van der Waals surface area contributed by atoms with Crippen molar-refractivity contribution in [2.45, 2.75) is 20.3 Å². The summed E-state index contributed by atoms with van der Waals surface area (Å²) in [6.45, 7) is 2.98. The van der Waals surface area contributed by atoms with Crippen LogP contribution in [0.15, 0.2) is 33.5 Å². The number of halogens is 1. The minimum Gasteiger partial charge on any atom is -0.543 e. The zero-order valence-corrected chi connectivity index (χ0v) is 17.6. The fraction of sp³-hybridized carbons (Fsp3) is 0.200. The summed E-state index contributed by atoms with van der Waals surface area (Å²) in [5.41, 5.74) is -0.933. The molecule has 23 heavy (non-hydrogen) atoms. The maximum Gasteiger partial charge on any atom is 1.00 e. The molecular formula is C15H12BrKN2O4. The van der Waals surface area contributed by atoms with Crippen LogP contribution >= 0.6 is 15.9 Å². The third-order valence-corrected chi connectivity index (χ3v) is 3.67. The largest absolute Gasteiger partial charge is 1.00 e. The summed E-state index contributed by atoms with van der Waals surface area (Å²) in [7, 11) is 0. The van der Waals surface area contributed by atoms with E-state index in [1.165, 1.54) is 11.6 Å². The number of carbonyl (C=O) groups is 2. The number of aromatic nitrogens is 2. The van der Waals surface area contributed by atoms with Crippen LogP contribution in [0.1, 0.15) is 40.4 Å². The molecule has 1 heterocycles. The fourth-order valence-corrected chi connectivity index (χ4v) is 2.44. The van der Waals surface area contributed by atoms with Crippen LogP contribution < -0.4 is 61.9 Å². The van der Waals surface area contributed by atoms with Gasteiger partial charge in [0.05, 0.1) is 22.9 Å². The summed E-state index contributed by atoms with van der Waals surface area (Å²) in [6, 6.07) is 6.90. The van der Waals surface area contributed by atoms with Gasteiger partial charge in [-0.25, -0.2) is 4.68 Å². The average molecular weight is 403 g/mol. The van der Waals surface area contributed by atoms with Crippen LogP contribution in [-0.2, 0) is 6.42 Å². The Morgan fingerprint density at radius 3 is 2.26 bits per heavy atom. The Hall–Kier alpha value is -0.644. The van der Waals surface area contributed by atoms with Crippen molar-refractivity contribution in [1.29, 1.82) is 0 Å². The predicted molar refractivity (Wildman–Crippen MR) is 81.2 cm³/mol. The SMILES string of the molecule is CCc1c(C(C)=O)c(=O)c(C(=O)[O-])nn1-c1ccc(Br)cc1.[K+].